The number of ether oxygens (including phenoxy) is 1. The fourth-order valence-corrected chi connectivity index (χ4v) is 5.54. The van der Waals surface area contributed by atoms with Crippen LogP contribution in [0, 0.1) is 11.3 Å². The van der Waals surface area contributed by atoms with Gasteiger partial charge in [-0.1, -0.05) is 0 Å². The van der Waals surface area contributed by atoms with Crippen LogP contribution in [0.15, 0.2) is 0 Å². The SMILES string of the molecule is CN1CCC(OC2CCC(CN3CCC4(CCNC4)C3)CC2)CC1. The van der Waals surface area contributed by atoms with E-state index in [0.29, 0.717) is 17.6 Å². The summed E-state index contributed by atoms with van der Waals surface area (Å²) in [5.41, 5.74) is 0.633. The maximum Gasteiger partial charge on any atom is 0.0603 e. The standard InChI is InChI=1S/C20H37N3O/c1-22-11-6-19(7-12-22)24-18-4-2-17(3-5-18)14-23-13-9-20(16-23)8-10-21-15-20/h17-19,21H,2-16H2,1H3. The van der Waals surface area contributed by atoms with Crippen molar-refractivity contribution in [2.75, 3.05) is 52.9 Å². The Labute approximate surface area is 148 Å². The highest BCUT2D eigenvalue weighted by Gasteiger charge is 2.40. The van der Waals surface area contributed by atoms with Crippen molar-refractivity contribution >= 4 is 0 Å². The number of rotatable bonds is 4. The lowest BCUT2D eigenvalue weighted by Gasteiger charge is -2.36. The van der Waals surface area contributed by atoms with E-state index in [9.17, 15) is 0 Å². The Morgan fingerprint density at radius 1 is 0.958 bits per heavy atom. The highest BCUT2D eigenvalue weighted by atomic mass is 16.5. The average molecular weight is 336 g/mol. The summed E-state index contributed by atoms with van der Waals surface area (Å²) in [4.78, 5) is 5.20. The van der Waals surface area contributed by atoms with Gasteiger partial charge in [-0.3, -0.25) is 0 Å². The molecule has 4 nitrogen and oxygen atoms in total. The van der Waals surface area contributed by atoms with Crippen molar-refractivity contribution in [3.05, 3.63) is 0 Å². The molecular formula is C20H37N3O. The van der Waals surface area contributed by atoms with Crippen LogP contribution in [0.2, 0.25) is 0 Å². The largest absolute Gasteiger partial charge is 0.375 e. The average Bonchev–Trinajstić information content (AvgIpc) is 3.22. The topological polar surface area (TPSA) is 27.7 Å². The zero-order valence-corrected chi connectivity index (χ0v) is 15.6. The monoisotopic (exact) mass is 335 g/mol. The fourth-order valence-electron chi connectivity index (χ4n) is 5.54. The van der Waals surface area contributed by atoms with E-state index in [2.05, 4.69) is 22.2 Å². The number of hydrogen-bond donors (Lipinski definition) is 1. The summed E-state index contributed by atoms with van der Waals surface area (Å²) in [5, 5.41) is 3.58. The van der Waals surface area contributed by atoms with Crippen LogP contribution in [0.5, 0.6) is 0 Å². The summed E-state index contributed by atoms with van der Waals surface area (Å²) in [6.07, 6.45) is 11.8. The minimum Gasteiger partial charge on any atom is -0.375 e. The zero-order valence-electron chi connectivity index (χ0n) is 15.6. The second-order valence-corrected chi connectivity index (χ2v) is 9.19. The van der Waals surface area contributed by atoms with Gasteiger partial charge in [0.05, 0.1) is 12.2 Å². The van der Waals surface area contributed by atoms with Gasteiger partial charge >= 0.3 is 0 Å². The van der Waals surface area contributed by atoms with E-state index in [1.807, 2.05) is 0 Å². The van der Waals surface area contributed by atoms with Crippen LogP contribution < -0.4 is 5.32 Å². The third-order valence-electron chi connectivity index (χ3n) is 7.21. The minimum absolute atomic E-state index is 0.538. The molecule has 0 aromatic carbocycles. The number of nitrogens with one attached hydrogen (secondary N) is 1. The van der Waals surface area contributed by atoms with Crippen LogP contribution in [-0.4, -0.2) is 74.9 Å². The zero-order chi connectivity index (χ0) is 16.4. The van der Waals surface area contributed by atoms with Gasteiger partial charge < -0.3 is 19.9 Å². The maximum atomic E-state index is 6.43. The first kappa shape index (κ1) is 17.3. The van der Waals surface area contributed by atoms with E-state index < -0.39 is 0 Å². The van der Waals surface area contributed by atoms with Gasteiger partial charge in [-0.2, -0.15) is 0 Å². The van der Waals surface area contributed by atoms with E-state index in [-0.39, 0.29) is 0 Å². The molecule has 1 spiro atoms. The van der Waals surface area contributed by atoms with Gasteiger partial charge in [0.1, 0.15) is 0 Å². The lowest BCUT2D eigenvalue weighted by Crippen LogP contribution is -2.38. The Kier molecular flexibility index (Phi) is 5.47. The van der Waals surface area contributed by atoms with Crippen LogP contribution in [-0.2, 0) is 4.74 Å². The molecule has 3 aliphatic heterocycles. The van der Waals surface area contributed by atoms with Crippen LogP contribution in [0.25, 0.3) is 0 Å². The molecule has 0 aromatic rings. The summed E-state index contributed by atoms with van der Waals surface area (Å²) >= 11 is 0. The molecule has 0 radical (unpaired) electrons. The Bertz CT molecular complexity index is 394. The molecule has 24 heavy (non-hydrogen) atoms. The second-order valence-electron chi connectivity index (χ2n) is 9.19. The lowest BCUT2D eigenvalue weighted by molar-refractivity contribution is -0.0597. The van der Waals surface area contributed by atoms with Crippen LogP contribution in [0.1, 0.15) is 51.4 Å². The molecule has 1 N–H and O–H groups in total. The van der Waals surface area contributed by atoms with Crippen molar-refractivity contribution in [3.8, 4) is 0 Å². The van der Waals surface area contributed by atoms with Crippen molar-refractivity contribution < 1.29 is 4.74 Å². The molecule has 1 unspecified atom stereocenters. The van der Waals surface area contributed by atoms with Crippen molar-refractivity contribution in [2.45, 2.75) is 63.6 Å². The molecule has 4 rings (SSSR count). The molecule has 4 fully saturated rings. The normalized spacial score (nSPS) is 39.9. The van der Waals surface area contributed by atoms with E-state index in [4.69, 9.17) is 4.74 Å². The van der Waals surface area contributed by atoms with Crippen molar-refractivity contribution in [2.24, 2.45) is 11.3 Å². The van der Waals surface area contributed by atoms with Gasteiger partial charge in [-0.25, -0.2) is 0 Å². The predicted molar refractivity (Wildman–Crippen MR) is 98.3 cm³/mol. The highest BCUT2D eigenvalue weighted by Crippen LogP contribution is 2.37. The number of piperidine rings is 1. The Morgan fingerprint density at radius 2 is 1.71 bits per heavy atom. The Morgan fingerprint density at radius 3 is 2.42 bits per heavy atom. The van der Waals surface area contributed by atoms with Gasteiger partial charge in [0, 0.05) is 32.7 Å². The molecule has 3 saturated heterocycles. The van der Waals surface area contributed by atoms with Crippen LogP contribution >= 0.6 is 0 Å². The molecule has 0 amide bonds. The van der Waals surface area contributed by atoms with Gasteiger partial charge in [-0.15, -0.1) is 0 Å². The number of likely N-dealkylation sites (tertiary alicyclic amines) is 2. The van der Waals surface area contributed by atoms with Gasteiger partial charge in [-0.05, 0) is 82.8 Å². The quantitative estimate of drug-likeness (QED) is 0.853. The molecule has 3 heterocycles. The molecule has 1 atom stereocenters. The highest BCUT2D eigenvalue weighted by molar-refractivity contribution is 4.96. The Hall–Kier alpha value is -0.160. The smallest absolute Gasteiger partial charge is 0.0603 e. The van der Waals surface area contributed by atoms with Crippen LogP contribution in [0.3, 0.4) is 0 Å². The molecule has 4 heteroatoms. The molecule has 0 aromatic heterocycles. The first-order valence-corrected chi connectivity index (χ1v) is 10.5. The summed E-state index contributed by atoms with van der Waals surface area (Å²) in [6.45, 7) is 8.98. The summed E-state index contributed by atoms with van der Waals surface area (Å²) in [7, 11) is 2.23. The maximum absolute atomic E-state index is 6.43. The number of hydrogen-bond acceptors (Lipinski definition) is 4. The van der Waals surface area contributed by atoms with Crippen LogP contribution in [0.4, 0.5) is 0 Å². The van der Waals surface area contributed by atoms with Crippen molar-refractivity contribution in [1.82, 2.24) is 15.1 Å². The van der Waals surface area contributed by atoms with E-state index >= 15 is 0 Å². The summed E-state index contributed by atoms with van der Waals surface area (Å²) in [5.74, 6) is 0.923. The van der Waals surface area contributed by atoms with Gasteiger partial charge in [0.15, 0.2) is 0 Å². The van der Waals surface area contributed by atoms with E-state index in [1.165, 1.54) is 97.2 Å². The molecule has 0 bridgehead atoms. The van der Waals surface area contributed by atoms with Crippen molar-refractivity contribution in [1.29, 1.82) is 0 Å². The second kappa shape index (κ2) is 7.61. The molecule has 1 aliphatic carbocycles. The van der Waals surface area contributed by atoms with E-state index in [1.54, 1.807) is 0 Å². The molecule has 4 aliphatic rings. The molecule has 1 saturated carbocycles. The van der Waals surface area contributed by atoms with E-state index in [0.717, 1.165) is 5.92 Å². The van der Waals surface area contributed by atoms with Gasteiger partial charge in [0.2, 0.25) is 0 Å². The lowest BCUT2D eigenvalue weighted by atomic mass is 9.85. The molecule has 138 valence electrons. The third kappa shape index (κ3) is 4.14. The summed E-state index contributed by atoms with van der Waals surface area (Å²) < 4.78 is 6.43. The fraction of sp³-hybridized carbons (Fsp3) is 1.00. The first-order chi connectivity index (χ1) is 11.7. The van der Waals surface area contributed by atoms with Gasteiger partial charge in [0.25, 0.3) is 0 Å². The van der Waals surface area contributed by atoms with Crippen molar-refractivity contribution in [3.63, 3.8) is 0 Å². The Balaban J connectivity index is 1.16. The minimum atomic E-state index is 0.538. The first-order valence-electron chi connectivity index (χ1n) is 10.5. The molecular weight excluding hydrogens is 298 g/mol. The third-order valence-corrected chi connectivity index (χ3v) is 7.21. The predicted octanol–water partition coefficient (Wildman–Crippen LogP) is 2.34. The summed E-state index contributed by atoms with van der Waals surface area (Å²) in [6, 6.07) is 0. The number of nitrogens with zero attached hydrogens (tertiary/aromatic N) is 2.